The first-order valence-electron chi connectivity index (χ1n) is 12.4. The van der Waals surface area contributed by atoms with Crippen molar-refractivity contribution in [2.75, 3.05) is 19.7 Å². The third kappa shape index (κ3) is 3.90. The quantitative estimate of drug-likeness (QED) is 0.522. The third-order valence-corrected chi connectivity index (χ3v) is 7.35. The highest BCUT2D eigenvalue weighted by molar-refractivity contribution is 5.97. The fourth-order valence-corrected chi connectivity index (χ4v) is 5.51. The maximum atomic E-state index is 13.6. The number of fused-ring (bicyclic) bond motifs is 4. The molecule has 2 atom stereocenters. The number of carbonyl (C=O) groups is 2. The topological polar surface area (TPSA) is 76.6 Å². The van der Waals surface area contributed by atoms with Crippen molar-refractivity contribution < 1.29 is 14.7 Å². The summed E-state index contributed by atoms with van der Waals surface area (Å²) in [4.78, 5) is 34.3. The van der Waals surface area contributed by atoms with Gasteiger partial charge in [-0.05, 0) is 47.9 Å². The molecule has 0 aliphatic carbocycles. The number of para-hydroxylation sites is 1. The van der Waals surface area contributed by atoms with Crippen LogP contribution in [0.2, 0.25) is 0 Å². The van der Waals surface area contributed by atoms with E-state index < -0.39 is 6.04 Å². The summed E-state index contributed by atoms with van der Waals surface area (Å²) in [7, 11) is 0. The number of nitrogens with one attached hydrogen (secondary N) is 1. The zero-order valence-electron chi connectivity index (χ0n) is 20.0. The maximum Gasteiger partial charge on any atom is 0.246 e. The number of piperazine rings is 1. The Hall–Kier alpha value is -3.12. The van der Waals surface area contributed by atoms with Gasteiger partial charge in [-0.3, -0.25) is 9.59 Å². The van der Waals surface area contributed by atoms with E-state index in [9.17, 15) is 9.59 Å². The SMILES string of the molecule is CC(C)c1ccc(C2c3[nH]c4ccccc4c3C[C@H]3C(=O)N(CCCCCO)CC(=O)N23)cc1. The zero-order valence-corrected chi connectivity index (χ0v) is 20.0. The number of aliphatic hydroxyl groups is 1. The lowest BCUT2D eigenvalue weighted by molar-refractivity contribution is -0.158. The molecule has 1 fully saturated rings. The van der Waals surface area contributed by atoms with Crippen molar-refractivity contribution in [1.82, 2.24) is 14.8 Å². The molecule has 2 aromatic carbocycles. The van der Waals surface area contributed by atoms with Crippen molar-refractivity contribution in [3.63, 3.8) is 0 Å². The van der Waals surface area contributed by atoms with E-state index in [1.54, 1.807) is 4.90 Å². The molecule has 3 heterocycles. The van der Waals surface area contributed by atoms with Crippen LogP contribution in [0.5, 0.6) is 0 Å². The first-order chi connectivity index (χ1) is 16.5. The fraction of sp³-hybridized carbons (Fsp3) is 0.429. The van der Waals surface area contributed by atoms with Gasteiger partial charge in [-0.2, -0.15) is 0 Å². The van der Waals surface area contributed by atoms with Gasteiger partial charge in [-0.1, -0.05) is 56.3 Å². The van der Waals surface area contributed by atoms with Gasteiger partial charge in [0, 0.05) is 36.2 Å². The molecule has 6 nitrogen and oxygen atoms in total. The second kappa shape index (κ2) is 9.26. The van der Waals surface area contributed by atoms with Gasteiger partial charge in [-0.15, -0.1) is 0 Å². The average molecular weight is 460 g/mol. The average Bonchev–Trinajstić information content (AvgIpc) is 3.22. The minimum atomic E-state index is -0.499. The van der Waals surface area contributed by atoms with Gasteiger partial charge in [0.25, 0.3) is 0 Å². The normalized spacial score (nSPS) is 20.2. The Bertz CT molecular complexity index is 1200. The molecular weight excluding hydrogens is 426 g/mol. The lowest BCUT2D eigenvalue weighted by atomic mass is 9.85. The molecule has 2 N–H and O–H groups in total. The lowest BCUT2D eigenvalue weighted by Crippen LogP contribution is -2.63. The van der Waals surface area contributed by atoms with Crippen molar-refractivity contribution in [2.45, 2.75) is 57.5 Å². The molecule has 1 saturated heterocycles. The number of rotatable bonds is 7. The van der Waals surface area contributed by atoms with Crippen LogP contribution in [-0.2, 0) is 16.0 Å². The number of unbranched alkanes of at least 4 members (excludes halogenated alkanes) is 2. The second-order valence-corrected chi connectivity index (χ2v) is 9.85. The third-order valence-electron chi connectivity index (χ3n) is 7.35. The van der Waals surface area contributed by atoms with Crippen molar-refractivity contribution in [3.8, 4) is 0 Å². The number of aliphatic hydroxyl groups excluding tert-OH is 1. The number of aromatic amines is 1. The first-order valence-corrected chi connectivity index (χ1v) is 12.4. The smallest absolute Gasteiger partial charge is 0.246 e. The highest BCUT2D eigenvalue weighted by atomic mass is 16.3. The number of H-pyrrole nitrogens is 1. The van der Waals surface area contributed by atoms with Crippen LogP contribution in [0.1, 0.15) is 67.5 Å². The van der Waals surface area contributed by atoms with Crippen LogP contribution in [0.3, 0.4) is 0 Å². The van der Waals surface area contributed by atoms with Crippen LogP contribution in [-0.4, -0.2) is 57.4 Å². The Morgan fingerprint density at radius 1 is 1.03 bits per heavy atom. The molecule has 0 spiro atoms. The Morgan fingerprint density at radius 2 is 1.79 bits per heavy atom. The van der Waals surface area contributed by atoms with Crippen molar-refractivity contribution in [2.24, 2.45) is 0 Å². The Balaban J connectivity index is 1.55. The second-order valence-electron chi connectivity index (χ2n) is 9.85. The van der Waals surface area contributed by atoms with E-state index in [2.05, 4.69) is 55.2 Å². The summed E-state index contributed by atoms with van der Waals surface area (Å²) in [5, 5.41) is 10.2. The van der Waals surface area contributed by atoms with E-state index in [1.165, 1.54) is 5.56 Å². The molecule has 3 aromatic rings. The van der Waals surface area contributed by atoms with Gasteiger partial charge in [-0.25, -0.2) is 0 Å². The predicted octanol–water partition coefficient (Wildman–Crippen LogP) is 4.14. The molecule has 2 aliphatic rings. The van der Waals surface area contributed by atoms with Crippen molar-refractivity contribution in [1.29, 1.82) is 0 Å². The Morgan fingerprint density at radius 3 is 2.53 bits per heavy atom. The van der Waals surface area contributed by atoms with Gasteiger partial charge >= 0.3 is 0 Å². The molecule has 0 saturated carbocycles. The number of hydrogen-bond acceptors (Lipinski definition) is 3. The number of aromatic nitrogens is 1. The molecule has 1 aromatic heterocycles. The summed E-state index contributed by atoms with van der Waals surface area (Å²) < 4.78 is 0. The van der Waals surface area contributed by atoms with E-state index in [4.69, 9.17) is 5.11 Å². The monoisotopic (exact) mass is 459 g/mol. The van der Waals surface area contributed by atoms with E-state index in [-0.39, 0.29) is 31.0 Å². The standard InChI is InChI=1S/C28H33N3O3/c1-18(2)19-10-12-20(13-11-19)27-26-22(21-8-4-5-9-23(21)29-26)16-24-28(34)30(14-6-3-7-15-32)17-25(33)31(24)27/h4-5,8-13,18,24,27,29,32H,3,6-7,14-17H2,1-2H3/t24-,27?/m0/s1. The van der Waals surface area contributed by atoms with Crippen LogP contribution in [0.25, 0.3) is 10.9 Å². The number of hydrogen-bond donors (Lipinski definition) is 2. The first kappa shape index (κ1) is 22.7. The summed E-state index contributed by atoms with van der Waals surface area (Å²) in [6.07, 6.45) is 2.89. The van der Waals surface area contributed by atoms with Crippen LogP contribution in [0.15, 0.2) is 48.5 Å². The summed E-state index contributed by atoms with van der Waals surface area (Å²) >= 11 is 0. The van der Waals surface area contributed by atoms with Gasteiger partial charge in [0.05, 0.1) is 12.6 Å². The van der Waals surface area contributed by atoms with Crippen LogP contribution < -0.4 is 0 Å². The maximum absolute atomic E-state index is 13.6. The van der Waals surface area contributed by atoms with Gasteiger partial charge in [0.15, 0.2) is 0 Å². The Labute approximate surface area is 200 Å². The summed E-state index contributed by atoms with van der Waals surface area (Å²) in [5.74, 6) is 0.451. The highest BCUT2D eigenvalue weighted by Gasteiger charge is 2.48. The molecule has 5 rings (SSSR count). The van der Waals surface area contributed by atoms with Crippen LogP contribution in [0, 0.1) is 0 Å². The van der Waals surface area contributed by atoms with Gasteiger partial charge in [0.1, 0.15) is 6.04 Å². The molecule has 0 bridgehead atoms. The fourth-order valence-electron chi connectivity index (χ4n) is 5.51. The van der Waals surface area contributed by atoms with Crippen molar-refractivity contribution in [3.05, 3.63) is 70.9 Å². The van der Waals surface area contributed by atoms with E-state index in [1.807, 2.05) is 17.0 Å². The minimum Gasteiger partial charge on any atom is -0.396 e. The Kier molecular flexibility index (Phi) is 6.17. The molecule has 1 unspecified atom stereocenters. The minimum absolute atomic E-state index is 0.00556. The number of nitrogens with zero attached hydrogens (tertiary/aromatic N) is 2. The summed E-state index contributed by atoms with van der Waals surface area (Å²) in [6.45, 7) is 5.17. The van der Waals surface area contributed by atoms with Gasteiger partial charge < -0.3 is 19.9 Å². The molecular formula is C28H33N3O3. The lowest BCUT2D eigenvalue weighted by Gasteiger charge is -2.47. The molecule has 0 radical (unpaired) electrons. The van der Waals surface area contributed by atoms with E-state index in [0.717, 1.165) is 47.0 Å². The van der Waals surface area contributed by atoms with E-state index >= 15 is 0 Å². The predicted molar refractivity (Wildman–Crippen MR) is 133 cm³/mol. The van der Waals surface area contributed by atoms with Crippen molar-refractivity contribution >= 4 is 22.7 Å². The number of benzene rings is 2. The molecule has 178 valence electrons. The summed E-state index contributed by atoms with van der Waals surface area (Å²) in [5.41, 5.74) is 5.48. The molecule has 2 amide bonds. The highest BCUT2D eigenvalue weighted by Crippen LogP contribution is 2.42. The summed E-state index contributed by atoms with van der Waals surface area (Å²) in [6, 6.07) is 15.9. The van der Waals surface area contributed by atoms with E-state index in [0.29, 0.717) is 18.9 Å². The van der Waals surface area contributed by atoms with Crippen LogP contribution >= 0.6 is 0 Å². The number of carbonyl (C=O) groups excluding carboxylic acids is 2. The zero-order chi connectivity index (χ0) is 23.8. The number of amides is 2. The molecule has 34 heavy (non-hydrogen) atoms. The largest absolute Gasteiger partial charge is 0.396 e. The van der Waals surface area contributed by atoms with Gasteiger partial charge in [0.2, 0.25) is 11.8 Å². The molecule has 2 aliphatic heterocycles. The molecule has 6 heteroatoms. The van der Waals surface area contributed by atoms with Crippen LogP contribution in [0.4, 0.5) is 0 Å².